The van der Waals surface area contributed by atoms with Gasteiger partial charge in [-0.2, -0.15) is 0 Å². The molecule has 2 nitrogen and oxygen atoms in total. The second kappa shape index (κ2) is 3.55. The van der Waals surface area contributed by atoms with E-state index >= 15 is 0 Å². The van der Waals surface area contributed by atoms with E-state index in [1.807, 2.05) is 13.8 Å². The summed E-state index contributed by atoms with van der Waals surface area (Å²) in [7, 11) is 0. The molecular weight excluding hydrogens is 140 g/mol. The zero-order valence-corrected chi connectivity index (χ0v) is 7.47. The molecule has 0 aromatic heterocycles. The quantitative estimate of drug-likeness (QED) is 0.675. The lowest BCUT2D eigenvalue weighted by Gasteiger charge is -2.38. The predicted molar refractivity (Wildman–Crippen MR) is 44.5 cm³/mol. The van der Waals surface area contributed by atoms with Crippen molar-refractivity contribution in [3.63, 3.8) is 0 Å². The van der Waals surface area contributed by atoms with Crippen LogP contribution in [0.2, 0.25) is 0 Å². The first-order chi connectivity index (χ1) is 5.16. The van der Waals surface area contributed by atoms with Crippen molar-refractivity contribution in [3.05, 3.63) is 0 Å². The maximum atomic E-state index is 9.73. The Kier molecular flexibility index (Phi) is 2.90. The van der Waals surface area contributed by atoms with E-state index in [0.717, 1.165) is 25.9 Å². The van der Waals surface area contributed by atoms with Crippen molar-refractivity contribution >= 4 is 0 Å². The molecule has 0 heterocycles. The fourth-order valence-corrected chi connectivity index (χ4v) is 1.67. The first-order valence-corrected chi connectivity index (χ1v) is 4.50. The van der Waals surface area contributed by atoms with Crippen LogP contribution in [0.15, 0.2) is 0 Å². The summed E-state index contributed by atoms with van der Waals surface area (Å²) in [5, 5.41) is 9.73. The van der Waals surface area contributed by atoms with E-state index in [0.29, 0.717) is 0 Å². The second-order valence-electron chi connectivity index (χ2n) is 3.55. The zero-order chi connectivity index (χ0) is 8.32. The molecule has 1 atom stereocenters. The van der Waals surface area contributed by atoms with Gasteiger partial charge in [-0.3, -0.25) is 0 Å². The molecule has 1 N–H and O–H groups in total. The van der Waals surface area contributed by atoms with Gasteiger partial charge < -0.3 is 9.84 Å². The van der Waals surface area contributed by atoms with E-state index in [-0.39, 0.29) is 11.7 Å². The Morgan fingerprint density at radius 3 is 2.55 bits per heavy atom. The van der Waals surface area contributed by atoms with Gasteiger partial charge in [0.25, 0.3) is 0 Å². The lowest BCUT2D eigenvalue weighted by Crippen LogP contribution is -2.40. The average molecular weight is 158 g/mol. The monoisotopic (exact) mass is 158 g/mol. The Bertz CT molecular complexity index is 119. The Morgan fingerprint density at radius 1 is 1.55 bits per heavy atom. The average Bonchev–Trinajstić information content (AvgIpc) is 1.85. The van der Waals surface area contributed by atoms with E-state index in [4.69, 9.17) is 4.74 Å². The highest BCUT2D eigenvalue weighted by Gasteiger charge is 2.35. The summed E-state index contributed by atoms with van der Waals surface area (Å²) in [4.78, 5) is 0. The van der Waals surface area contributed by atoms with Crippen LogP contribution in [0.1, 0.15) is 39.5 Å². The molecular formula is C9H18O2. The van der Waals surface area contributed by atoms with Gasteiger partial charge >= 0.3 is 0 Å². The smallest absolute Gasteiger partial charge is 0.0672 e. The summed E-state index contributed by atoms with van der Waals surface area (Å²) in [6.45, 7) is 4.76. The van der Waals surface area contributed by atoms with Gasteiger partial charge in [0.15, 0.2) is 0 Å². The Hall–Kier alpha value is -0.0800. The van der Waals surface area contributed by atoms with E-state index in [9.17, 15) is 5.11 Å². The Morgan fingerprint density at radius 2 is 2.18 bits per heavy atom. The first-order valence-electron chi connectivity index (χ1n) is 4.50. The van der Waals surface area contributed by atoms with E-state index in [2.05, 4.69) is 0 Å². The molecule has 0 radical (unpaired) electrons. The van der Waals surface area contributed by atoms with Crippen molar-refractivity contribution in [3.8, 4) is 0 Å². The van der Waals surface area contributed by atoms with Crippen molar-refractivity contribution in [1.82, 2.24) is 0 Å². The normalized spacial score (nSPS) is 24.3. The molecule has 1 aliphatic rings. The summed E-state index contributed by atoms with van der Waals surface area (Å²) in [5.74, 6) is 0. The molecule has 2 heteroatoms. The van der Waals surface area contributed by atoms with Gasteiger partial charge in [0, 0.05) is 13.0 Å². The minimum atomic E-state index is -0.380. The van der Waals surface area contributed by atoms with Gasteiger partial charge in [0.2, 0.25) is 0 Å². The van der Waals surface area contributed by atoms with Crippen LogP contribution in [0.4, 0.5) is 0 Å². The van der Waals surface area contributed by atoms with Gasteiger partial charge in [-0.25, -0.2) is 0 Å². The highest BCUT2D eigenvalue weighted by molar-refractivity contribution is 4.88. The Labute approximate surface area is 68.6 Å². The highest BCUT2D eigenvalue weighted by atomic mass is 16.5. The van der Waals surface area contributed by atoms with E-state index < -0.39 is 0 Å². The number of ether oxygens (including phenoxy) is 1. The first kappa shape index (κ1) is 9.01. The molecule has 0 amide bonds. The molecule has 1 unspecified atom stereocenters. The van der Waals surface area contributed by atoms with Crippen molar-refractivity contribution in [2.45, 2.75) is 51.2 Å². The van der Waals surface area contributed by atoms with Crippen LogP contribution in [-0.4, -0.2) is 23.4 Å². The van der Waals surface area contributed by atoms with Crippen LogP contribution >= 0.6 is 0 Å². The summed E-state index contributed by atoms with van der Waals surface area (Å²) in [6, 6.07) is 0. The zero-order valence-electron chi connectivity index (χ0n) is 7.47. The maximum absolute atomic E-state index is 9.73. The SMILES string of the molecule is CCOC(C)CC1(O)CCC1. The molecule has 66 valence electrons. The molecule has 1 aliphatic carbocycles. The fraction of sp³-hybridized carbons (Fsp3) is 1.00. The molecule has 1 fully saturated rings. The largest absolute Gasteiger partial charge is 0.390 e. The van der Waals surface area contributed by atoms with Gasteiger partial charge in [-0.1, -0.05) is 0 Å². The molecule has 0 bridgehead atoms. The molecule has 1 rings (SSSR count). The molecule has 1 saturated carbocycles. The third kappa shape index (κ3) is 2.46. The molecule has 0 aromatic carbocycles. The third-order valence-corrected chi connectivity index (χ3v) is 2.40. The van der Waals surface area contributed by atoms with E-state index in [1.165, 1.54) is 6.42 Å². The summed E-state index contributed by atoms with van der Waals surface area (Å²) < 4.78 is 5.35. The van der Waals surface area contributed by atoms with Crippen molar-refractivity contribution in [2.24, 2.45) is 0 Å². The topological polar surface area (TPSA) is 29.5 Å². The Balaban J connectivity index is 2.18. The molecule has 0 spiro atoms. The number of hydrogen-bond acceptors (Lipinski definition) is 2. The van der Waals surface area contributed by atoms with E-state index in [1.54, 1.807) is 0 Å². The van der Waals surface area contributed by atoms with Gasteiger partial charge in [0.1, 0.15) is 0 Å². The van der Waals surface area contributed by atoms with Crippen LogP contribution in [0.3, 0.4) is 0 Å². The highest BCUT2D eigenvalue weighted by Crippen LogP contribution is 2.35. The number of hydrogen-bond donors (Lipinski definition) is 1. The maximum Gasteiger partial charge on any atom is 0.0672 e. The van der Waals surface area contributed by atoms with Gasteiger partial charge in [-0.05, 0) is 33.1 Å². The minimum Gasteiger partial charge on any atom is -0.390 e. The predicted octanol–water partition coefficient (Wildman–Crippen LogP) is 1.72. The van der Waals surface area contributed by atoms with Crippen LogP contribution < -0.4 is 0 Å². The molecule has 11 heavy (non-hydrogen) atoms. The lowest BCUT2D eigenvalue weighted by molar-refractivity contribution is -0.0780. The van der Waals surface area contributed by atoms with Gasteiger partial charge in [-0.15, -0.1) is 0 Å². The minimum absolute atomic E-state index is 0.213. The summed E-state index contributed by atoms with van der Waals surface area (Å²) in [5.41, 5.74) is -0.380. The van der Waals surface area contributed by atoms with Crippen LogP contribution in [0.5, 0.6) is 0 Å². The van der Waals surface area contributed by atoms with Crippen LogP contribution in [0.25, 0.3) is 0 Å². The number of aliphatic hydroxyl groups is 1. The molecule has 0 aromatic rings. The molecule has 0 aliphatic heterocycles. The van der Waals surface area contributed by atoms with Crippen molar-refractivity contribution < 1.29 is 9.84 Å². The van der Waals surface area contributed by atoms with Crippen molar-refractivity contribution in [2.75, 3.05) is 6.61 Å². The summed E-state index contributed by atoms with van der Waals surface area (Å²) >= 11 is 0. The fourth-order valence-electron chi connectivity index (χ4n) is 1.67. The molecule has 0 saturated heterocycles. The lowest BCUT2D eigenvalue weighted by atomic mass is 9.77. The van der Waals surface area contributed by atoms with Crippen LogP contribution in [0, 0.1) is 0 Å². The van der Waals surface area contributed by atoms with Gasteiger partial charge in [0.05, 0.1) is 11.7 Å². The van der Waals surface area contributed by atoms with Crippen molar-refractivity contribution in [1.29, 1.82) is 0 Å². The summed E-state index contributed by atoms with van der Waals surface area (Å²) in [6.07, 6.45) is 4.12. The second-order valence-corrected chi connectivity index (χ2v) is 3.55. The number of rotatable bonds is 4. The standard InChI is InChI=1S/C9H18O2/c1-3-11-8(2)7-9(10)5-4-6-9/h8,10H,3-7H2,1-2H3. The third-order valence-electron chi connectivity index (χ3n) is 2.40. The van der Waals surface area contributed by atoms with Crippen LogP contribution in [-0.2, 0) is 4.74 Å².